The van der Waals surface area contributed by atoms with Gasteiger partial charge in [-0.3, -0.25) is 0 Å². The van der Waals surface area contributed by atoms with Crippen molar-refractivity contribution < 1.29 is 0 Å². The monoisotopic (exact) mass is 301 g/mol. The molecule has 0 bridgehead atoms. The van der Waals surface area contributed by atoms with Gasteiger partial charge in [0.25, 0.3) is 0 Å². The van der Waals surface area contributed by atoms with Crippen LogP contribution in [0, 0.1) is 13.8 Å². The van der Waals surface area contributed by atoms with Gasteiger partial charge in [0.2, 0.25) is 0 Å². The maximum Gasteiger partial charge on any atom is 0.140 e. The number of fused-ring (bicyclic) bond motifs is 3. The van der Waals surface area contributed by atoms with Crippen LogP contribution in [0.25, 0.3) is 17.3 Å². The summed E-state index contributed by atoms with van der Waals surface area (Å²) in [7, 11) is 0. The molecular weight excluding hydrogens is 282 g/mol. The molecule has 4 rings (SSSR count). The summed E-state index contributed by atoms with van der Waals surface area (Å²) in [5, 5.41) is 8.30. The lowest BCUT2D eigenvalue weighted by Gasteiger charge is -2.28. The maximum atomic E-state index is 4.68. The molecule has 0 spiro atoms. The molecule has 0 fully saturated rings. The Bertz CT molecular complexity index is 875. The summed E-state index contributed by atoms with van der Waals surface area (Å²) in [6.45, 7) is 4.18. The normalized spacial score (nSPS) is 16.0. The first-order valence-electron chi connectivity index (χ1n) is 7.88. The van der Waals surface area contributed by atoms with E-state index in [2.05, 4.69) is 82.7 Å². The molecule has 3 aromatic rings. The number of anilines is 1. The quantitative estimate of drug-likeness (QED) is 0.736. The van der Waals surface area contributed by atoms with Crippen LogP contribution in [0.2, 0.25) is 0 Å². The van der Waals surface area contributed by atoms with E-state index in [-0.39, 0.29) is 6.17 Å². The van der Waals surface area contributed by atoms with Gasteiger partial charge < -0.3 is 5.32 Å². The summed E-state index contributed by atoms with van der Waals surface area (Å²) in [6.07, 6.45) is 4.33. The topological polar surface area (TPSA) is 29.9 Å². The number of aromatic nitrogens is 2. The van der Waals surface area contributed by atoms with Crippen molar-refractivity contribution in [1.82, 2.24) is 9.78 Å². The minimum Gasteiger partial charge on any atom is -0.360 e. The highest BCUT2D eigenvalue weighted by Crippen LogP contribution is 2.38. The van der Waals surface area contributed by atoms with Gasteiger partial charge in [-0.25, -0.2) is 4.68 Å². The zero-order valence-corrected chi connectivity index (χ0v) is 13.3. The molecule has 0 saturated heterocycles. The number of nitrogens with zero attached hydrogens (tertiary/aromatic N) is 2. The molecule has 23 heavy (non-hydrogen) atoms. The second-order valence-corrected chi connectivity index (χ2v) is 5.97. The summed E-state index contributed by atoms with van der Waals surface area (Å²) in [4.78, 5) is 0. The summed E-state index contributed by atoms with van der Waals surface area (Å²) in [6, 6.07) is 18.9. The Morgan fingerprint density at radius 2 is 1.87 bits per heavy atom. The highest BCUT2D eigenvalue weighted by Gasteiger charge is 2.24. The van der Waals surface area contributed by atoms with E-state index >= 15 is 0 Å². The molecule has 0 saturated carbocycles. The predicted octanol–water partition coefficient (Wildman–Crippen LogP) is 4.80. The Labute approximate surface area is 136 Å². The van der Waals surface area contributed by atoms with Crippen molar-refractivity contribution in [3.63, 3.8) is 0 Å². The van der Waals surface area contributed by atoms with Crippen LogP contribution < -0.4 is 5.32 Å². The van der Waals surface area contributed by atoms with Crippen LogP contribution in [0.1, 0.15) is 23.0 Å². The standard InChI is InChI=1S/C20H19N3/c1-14-7-6-10-17-18-13-15(2)22-23(18)19(21-20(14)17)12-11-16-8-4-3-5-9-16/h3-13,19,21H,1-2H3/b12-11-. The molecule has 3 heteroatoms. The van der Waals surface area contributed by atoms with E-state index in [1.165, 1.54) is 28.1 Å². The average Bonchev–Trinajstić information content (AvgIpc) is 2.96. The fourth-order valence-corrected chi connectivity index (χ4v) is 3.11. The van der Waals surface area contributed by atoms with Crippen LogP contribution in [0.3, 0.4) is 0 Å². The Kier molecular flexibility index (Phi) is 3.27. The molecule has 3 nitrogen and oxygen atoms in total. The maximum absolute atomic E-state index is 4.68. The lowest BCUT2D eigenvalue weighted by atomic mass is 10.0. The summed E-state index contributed by atoms with van der Waals surface area (Å²) in [5.74, 6) is 0. The first kappa shape index (κ1) is 13.8. The molecular formula is C20H19N3. The zero-order chi connectivity index (χ0) is 15.8. The number of hydrogen-bond donors (Lipinski definition) is 1. The molecule has 1 atom stereocenters. The zero-order valence-electron chi connectivity index (χ0n) is 13.3. The molecule has 0 radical (unpaired) electrons. The SMILES string of the molecule is Cc1cc2n(n1)C(/C=C\c1ccccc1)Nc1c(C)cccc1-2. The third kappa shape index (κ3) is 2.44. The number of hydrogen-bond acceptors (Lipinski definition) is 2. The molecule has 2 heterocycles. The molecule has 1 unspecified atom stereocenters. The molecule has 0 aliphatic carbocycles. The van der Waals surface area contributed by atoms with Gasteiger partial charge in [0.15, 0.2) is 0 Å². The highest BCUT2D eigenvalue weighted by atomic mass is 15.4. The van der Waals surface area contributed by atoms with Crippen molar-refractivity contribution in [3.05, 3.63) is 77.5 Å². The van der Waals surface area contributed by atoms with Crippen molar-refractivity contribution in [2.45, 2.75) is 20.0 Å². The smallest absolute Gasteiger partial charge is 0.140 e. The Morgan fingerprint density at radius 1 is 1.04 bits per heavy atom. The van der Waals surface area contributed by atoms with Crippen molar-refractivity contribution in [2.24, 2.45) is 0 Å². The van der Waals surface area contributed by atoms with E-state index < -0.39 is 0 Å². The second-order valence-electron chi connectivity index (χ2n) is 5.97. The third-order valence-electron chi connectivity index (χ3n) is 4.23. The van der Waals surface area contributed by atoms with Gasteiger partial charge >= 0.3 is 0 Å². The molecule has 1 aliphatic heterocycles. The summed E-state index contributed by atoms with van der Waals surface area (Å²) >= 11 is 0. The van der Waals surface area contributed by atoms with E-state index in [1.807, 2.05) is 13.0 Å². The van der Waals surface area contributed by atoms with Gasteiger partial charge in [-0.05, 0) is 37.1 Å². The van der Waals surface area contributed by atoms with E-state index in [0.717, 1.165) is 5.69 Å². The minimum absolute atomic E-state index is 0.0208. The lowest BCUT2D eigenvalue weighted by molar-refractivity contribution is 0.588. The van der Waals surface area contributed by atoms with E-state index in [4.69, 9.17) is 0 Å². The van der Waals surface area contributed by atoms with E-state index in [9.17, 15) is 0 Å². The van der Waals surface area contributed by atoms with Crippen LogP contribution in [-0.4, -0.2) is 9.78 Å². The lowest BCUT2D eigenvalue weighted by Crippen LogP contribution is -2.23. The van der Waals surface area contributed by atoms with Gasteiger partial charge in [0.05, 0.1) is 11.4 Å². The average molecular weight is 301 g/mol. The predicted molar refractivity (Wildman–Crippen MR) is 95.3 cm³/mol. The Hall–Kier alpha value is -2.81. The van der Waals surface area contributed by atoms with Crippen LogP contribution in [0.5, 0.6) is 0 Å². The number of aryl methyl sites for hydroxylation is 2. The molecule has 1 aliphatic rings. The summed E-state index contributed by atoms with van der Waals surface area (Å²) in [5.41, 5.74) is 7.07. The first-order valence-corrected chi connectivity index (χ1v) is 7.88. The molecule has 1 N–H and O–H groups in total. The van der Waals surface area contributed by atoms with Gasteiger partial charge in [-0.2, -0.15) is 5.10 Å². The summed E-state index contributed by atoms with van der Waals surface area (Å²) < 4.78 is 2.07. The number of para-hydroxylation sites is 1. The fourth-order valence-electron chi connectivity index (χ4n) is 3.11. The van der Waals surface area contributed by atoms with Crippen LogP contribution in [-0.2, 0) is 0 Å². The number of benzene rings is 2. The first-order chi connectivity index (χ1) is 11.2. The molecule has 2 aromatic carbocycles. The van der Waals surface area contributed by atoms with Crippen molar-refractivity contribution in [2.75, 3.05) is 5.32 Å². The van der Waals surface area contributed by atoms with Crippen LogP contribution in [0.4, 0.5) is 5.69 Å². The number of rotatable bonds is 2. The second kappa shape index (κ2) is 5.43. The number of nitrogens with one attached hydrogen (secondary N) is 1. The van der Waals surface area contributed by atoms with Crippen LogP contribution in [0.15, 0.2) is 60.7 Å². The van der Waals surface area contributed by atoms with Gasteiger partial charge in [-0.15, -0.1) is 0 Å². The Morgan fingerprint density at radius 3 is 2.70 bits per heavy atom. The largest absolute Gasteiger partial charge is 0.360 e. The van der Waals surface area contributed by atoms with Gasteiger partial charge in [-0.1, -0.05) is 54.6 Å². The van der Waals surface area contributed by atoms with E-state index in [0.29, 0.717) is 0 Å². The fraction of sp³-hybridized carbons (Fsp3) is 0.150. The van der Waals surface area contributed by atoms with Crippen molar-refractivity contribution >= 4 is 11.8 Å². The minimum atomic E-state index is 0.0208. The van der Waals surface area contributed by atoms with Gasteiger partial charge in [0.1, 0.15) is 6.17 Å². The van der Waals surface area contributed by atoms with Crippen molar-refractivity contribution in [1.29, 1.82) is 0 Å². The molecule has 114 valence electrons. The van der Waals surface area contributed by atoms with E-state index in [1.54, 1.807) is 0 Å². The highest BCUT2D eigenvalue weighted by molar-refractivity contribution is 5.81. The third-order valence-corrected chi connectivity index (χ3v) is 4.23. The molecule has 0 amide bonds. The molecule has 1 aromatic heterocycles. The van der Waals surface area contributed by atoms with Gasteiger partial charge in [0, 0.05) is 11.3 Å². The van der Waals surface area contributed by atoms with Crippen LogP contribution >= 0.6 is 0 Å². The van der Waals surface area contributed by atoms with Crippen molar-refractivity contribution in [3.8, 4) is 11.3 Å². The Balaban J connectivity index is 1.78.